The molecule has 20 heavy (non-hydrogen) atoms. The van der Waals surface area contributed by atoms with Crippen molar-refractivity contribution < 1.29 is 27.8 Å². The molecule has 1 aliphatic heterocycles. The van der Waals surface area contributed by atoms with Crippen LogP contribution < -0.4 is 9.64 Å². The molecule has 2 rings (SSSR count). The zero-order chi connectivity index (χ0) is 14.8. The zero-order valence-corrected chi connectivity index (χ0v) is 10.4. The van der Waals surface area contributed by atoms with Crippen molar-refractivity contribution in [2.24, 2.45) is 0 Å². The molecule has 1 aromatic rings. The van der Waals surface area contributed by atoms with Gasteiger partial charge < -0.3 is 19.6 Å². The smallest absolute Gasteiger partial charge is 0.465 e. The van der Waals surface area contributed by atoms with Gasteiger partial charge in [0.25, 0.3) is 0 Å². The third kappa shape index (κ3) is 3.69. The van der Waals surface area contributed by atoms with Gasteiger partial charge in [0.05, 0.1) is 0 Å². The van der Waals surface area contributed by atoms with E-state index in [1.54, 1.807) is 0 Å². The first kappa shape index (κ1) is 14.3. The summed E-state index contributed by atoms with van der Waals surface area (Å²) in [7, 11) is 0. The van der Waals surface area contributed by atoms with Crippen molar-refractivity contribution >= 4 is 11.8 Å². The molecule has 0 atom stereocenters. The van der Waals surface area contributed by atoms with Gasteiger partial charge in [-0.05, 0) is 24.3 Å². The average molecular weight is 290 g/mol. The molecular formula is C12H13F3N2O3. The lowest BCUT2D eigenvalue weighted by Gasteiger charge is -2.34. The predicted octanol–water partition coefficient (Wildman–Crippen LogP) is 2.39. The van der Waals surface area contributed by atoms with Gasteiger partial charge in [-0.25, -0.2) is 4.79 Å². The first-order valence-electron chi connectivity index (χ1n) is 5.94. The lowest BCUT2D eigenvalue weighted by molar-refractivity contribution is -0.274. The highest BCUT2D eigenvalue weighted by atomic mass is 19.4. The first-order chi connectivity index (χ1) is 9.35. The molecule has 1 heterocycles. The fourth-order valence-electron chi connectivity index (χ4n) is 2.01. The Bertz CT molecular complexity index is 468. The van der Waals surface area contributed by atoms with Crippen molar-refractivity contribution in [2.75, 3.05) is 31.1 Å². The minimum absolute atomic E-state index is 0.273. The van der Waals surface area contributed by atoms with Crippen LogP contribution in [0.1, 0.15) is 0 Å². The van der Waals surface area contributed by atoms with E-state index < -0.39 is 12.5 Å². The third-order valence-electron chi connectivity index (χ3n) is 2.99. The molecule has 0 bridgehead atoms. The van der Waals surface area contributed by atoms with Crippen molar-refractivity contribution in [2.45, 2.75) is 6.36 Å². The molecule has 0 aromatic heterocycles. The number of anilines is 1. The number of benzene rings is 1. The van der Waals surface area contributed by atoms with Crippen LogP contribution >= 0.6 is 0 Å². The van der Waals surface area contributed by atoms with Crippen molar-refractivity contribution in [3.63, 3.8) is 0 Å². The van der Waals surface area contributed by atoms with Gasteiger partial charge in [-0.3, -0.25) is 0 Å². The topological polar surface area (TPSA) is 53.0 Å². The number of rotatable bonds is 2. The summed E-state index contributed by atoms with van der Waals surface area (Å²) in [5, 5.41) is 8.82. The molecule has 1 N–H and O–H groups in total. The number of alkyl halides is 3. The average Bonchev–Trinajstić information content (AvgIpc) is 2.38. The summed E-state index contributed by atoms with van der Waals surface area (Å²) in [4.78, 5) is 14.0. The van der Waals surface area contributed by atoms with Crippen LogP contribution in [0.25, 0.3) is 0 Å². The first-order valence-corrected chi connectivity index (χ1v) is 5.94. The number of nitrogens with zero attached hydrogens (tertiary/aromatic N) is 2. The SMILES string of the molecule is O=C(O)N1CCN(c2ccc(OC(F)(F)F)cc2)CC1. The van der Waals surface area contributed by atoms with Crippen molar-refractivity contribution in [3.05, 3.63) is 24.3 Å². The molecule has 0 spiro atoms. The molecule has 1 aromatic carbocycles. The minimum atomic E-state index is -4.70. The third-order valence-corrected chi connectivity index (χ3v) is 2.99. The molecule has 1 fully saturated rings. The Morgan fingerprint density at radius 3 is 2.10 bits per heavy atom. The van der Waals surface area contributed by atoms with Gasteiger partial charge in [-0.1, -0.05) is 0 Å². The number of halogens is 3. The van der Waals surface area contributed by atoms with Gasteiger partial charge in [0.1, 0.15) is 5.75 Å². The van der Waals surface area contributed by atoms with Crippen LogP contribution in [0.15, 0.2) is 24.3 Å². The van der Waals surface area contributed by atoms with Crippen LogP contribution in [0.5, 0.6) is 5.75 Å². The number of hydrogen-bond acceptors (Lipinski definition) is 3. The number of carbonyl (C=O) groups is 1. The largest absolute Gasteiger partial charge is 0.573 e. The molecular weight excluding hydrogens is 277 g/mol. The zero-order valence-electron chi connectivity index (χ0n) is 10.4. The van der Waals surface area contributed by atoms with Crippen LogP contribution in [0.2, 0.25) is 0 Å². The van der Waals surface area contributed by atoms with Crippen LogP contribution in [-0.4, -0.2) is 48.6 Å². The van der Waals surface area contributed by atoms with Gasteiger partial charge >= 0.3 is 12.5 Å². The fraction of sp³-hybridized carbons (Fsp3) is 0.417. The quantitative estimate of drug-likeness (QED) is 0.908. The van der Waals surface area contributed by atoms with E-state index >= 15 is 0 Å². The number of ether oxygens (including phenoxy) is 1. The lowest BCUT2D eigenvalue weighted by Crippen LogP contribution is -2.48. The lowest BCUT2D eigenvalue weighted by atomic mass is 10.2. The van der Waals surface area contributed by atoms with Crippen molar-refractivity contribution in [1.29, 1.82) is 0 Å². The van der Waals surface area contributed by atoms with Crippen molar-refractivity contribution in [1.82, 2.24) is 4.90 Å². The molecule has 0 radical (unpaired) electrons. The predicted molar refractivity (Wildman–Crippen MR) is 64.9 cm³/mol. The van der Waals surface area contributed by atoms with Crippen LogP contribution in [0, 0.1) is 0 Å². The summed E-state index contributed by atoms with van der Waals surface area (Å²) in [6, 6.07) is 5.54. The Morgan fingerprint density at radius 1 is 1.10 bits per heavy atom. The van der Waals surface area contributed by atoms with Crippen LogP contribution in [-0.2, 0) is 0 Å². The summed E-state index contributed by atoms with van der Waals surface area (Å²) in [6.07, 6.45) is -5.66. The molecule has 1 saturated heterocycles. The van der Waals surface area contributed by atoms with E-state index in [1.165, 1.54) is 29.2 Å². The maximum absolute atomic E-state index is 12.0. The van der Waals surface area contributed by atoms with Crippen molar-refractivity contribution in [3.8, 4) is 5.75 Å². The molecule has 0 saturated carbocycles. The van der Waals surface area contributed by atoms with Gasteiger partial charge in [-0.2, -0.15) is 0 Å². The number of carboxylic acid groups (broad SMARTS) is 1. The Balaban J connectivity index is 1.96. The second-order valence-corrected chi connectivity index (χ2v) is 4.30. The normalized spacial score (nSPS) is 16.1. The van der Waals surface area contributed by atoms with E-state index in [0.29, 0.717) is 26.2 Å². The number of hydrogen-bond donors (Lipinski definition) is 1. The van der Waals surface area contributed by atoms with Gasteiger partial charge in [0, 0.05) is 31.9 Å². The van der Waals surface area contributed by atoms with Gasteiger partial charge in [0.2, 0.25) is 0 Å². The Morgan fingerprint density at radius 2 is 1.65 bits per heavy atom. The molecule has 0 aliphatic carbocycles. The van der Waals surface area contributed by atoms with Gasteiger partial charge in [0.15, 0.2) is 0 Å². The Kier molecular flexibility index (Phi) is 3.91. The summed E-state index contributed by atoms with van der Waals surface area (Å²) < 4.78 is 39.9. The molecule has 1 amide bonds. The maximum Gasteiger partial charge on any atom is 0.573 e. The summed E-state index contributed by atoms with van der Waals surface area (Å²) in [6.45, 7) is 1.75. The Labute approximate surface area is 113 Å². The molecule has 5 nitrogen and oxygen atoms in total. The van der Waals surface area contributed by atoms with E-state index in [-0.39, 0.29) is 5.75 Å². The fourth-order valence-corrected chi connectivity index (χ4v) is 2.01. The summed E-state index contributed by atoms with van der Waals surface area (Å²) >= 11 is 0. The highest BCUT2D eigenvalue weighted by Crippen LogP contribution is 2.25. The highest BCUT2D eigenvalue weighted by Gasteiger charge is 2.31. The second kappa shape index (κ2) is 5.48. The monoisotopic (exact) mass is 290 g/mol. The molecule has 1 aliphatic rings. The summed E-state index contributed by atoms with van der Waals surface area (Å²) in [5.74, 6) is -0.273. The standard InChI is InChI=1S/C12H13F3N2O3/c13-12(14,15)20-10-3-1-9(2-4-10)16-5-7-17(8-6-16)11(18)19/h1-4H,5-8H2,(H,18,19). The Hall–Kier alpha value is -2.12. The summed E-state index contributed by atoms with van der Waals surface area (Å²) in [5.41, 5.74) is 0.740. The van der Waals surface area contributed by atoms with Crippen LogP contribution in [0.3, 0.4) is 0 Å². The van der Waals surface area contributed by atoms with E-state index in [0.717, 1.165) is 5.69 Å². The molecule has 110 valence electrons. The number of amides is 1. The van der Waals surface area contributed by atoms with Gasteiger partial charge in [-0.15, -0.1) is 13.2 Å². The van der Waals surface area contributed by atoms with E-state index in [4.69, 9.17) is 5.11 Å². The highest BCUT2D eigenvalue weighted by molar-refractivity contribution is 5.65. The molecule has 0 unspecified atom stereocenters. The number of piperazine rings is 1. The van der Waals surface area contributed by atoms with E-state index in [2.05, 4.69) is 4.74 Å². The minimum Gasteiger partial charge on any atom is -0.465 e. The second-order valence-electron chi connectivity index (χ2n) is 4.30. The maximum atomic E-state index is 12.0. The molecule has 8 heteroatoms. The van der Waals surface area contributed by atoms with E-state index in [9.17, 15) is 18.0 Å². The van der Waals surface area contributed by atoms with Crippen LogP contribution in [0.4, 0.5) is 23.7 Å². The van der Waals surface area contributed by atoms with E-state index in [1.807, 2.05) is 4.90 Å².